The number of anilines is 2. The molecule has 34 heavy (non-hydrogen) atoms. The number of fused-ring (bicyclic) bond motifs is 1. The molecule has 0 atom stereocenters. The maximum atomic E-state index is 12.9. The van der Waals surface area contributed by atoms with Gasteiger partial charge in [-0.2, -0.15) is 0 Å². The van der Waals surface area contributed by atoms with E-state index in [9.17, 15) is 19.2 Å². The smallest absolute Gasteiger partial charge is 0.338 e. The fourth-order valence-electron chi connectivity index (χ4n) is 3.63. The predicted molar refractivity (Wildman–Crippen MR) is 129 cm³/mol. The summed E-state index contributed by atoms with van der Waals surface area (Å²) in [6.07, 6.45) is 0. The number of hydrogen-bond donors (Lipinski definition) is 0. The topological polar surface area (TPSA) is 84.0 Å². The Balaban J connectivity index is 1.49. The van der Waals surface area contributed by atoms with Crippen LogP contribution in [0.4, 0.5) is 11.4 Å². The summed E-state index contributed by atoms with van der Waals surface area (Å²) in [5.74, 6) is -2.32. The van der Waals surface area contributed by atoms with Gasteiger partial charge < -0.3 is 9.64 Å². The number of esters is 1. The molecule has 0 fully saturated rings. The van der Waals surface area contributed by atoms with Crippen molar-refractivity contribution in [1.29, 1.82) is 0 Å². The second-order valence-electron chi connectivity index (χ2n) is 7.35. The summed E-state index contributed by atoms with van der Waals surface area (Å²) in [5.41, 5.74) is 1.19. The van der Waals surface area contributed by atoms with Crippen molar-refractivity contribution in [3.63, 3.8) is 0 Å². The van der Waals surface area contributed by atoms with Gasteiger partial charge in [-0.1, -0.05) is 41.4 Å². The van der Waals surface area contributed by atoms with Crippen LogP contribution in [0.2, 0.25) is 10.0 Å². The summed E-state index contributed by atoms with van der Waals surface area (Å²) in [6.45, 7) is 1.75. The average molecular weight is 497 g/mol. The van der Waals surface area contributed by atoms with Crippen molar-refractivity contribution in [1.82, 2.24) is 0 Å². The maximum Gasteiger partial charge on any atom is 0.338 e. The first kappa shape index (κ1) is 23.5. The summed E-state index contributed by atoms with van der Waals surface area (Å²) in [5, 5.41) is 0.483. The zero-order chi connectivity index (χ0) is 24.4. The van der Waals surface area contributed by atoms with Crippen molar-refractivity contribution in [2.75, 3.05) is 23.0 Å². The SMILES string of the molecule is CCN(C(=O)COC(=O)c1ccc2c(c1)C(=O)N(c1ccc(Cl)c(Cl)c1)C2=O)c1ccccc1. The van der Waals surface area contributed by atoms with Gasteiger partial charge in [0.1, 0.15) is 0 Å². The molecule has 0 bridgehead atoms. The number of hydrogen-bond acceptors (Lipinski definition) is 5. The fourth-order valence-corrected chi connectivity index (χ4v) is 3.92. The molecular weight excluding hydrogens is 479 g/mol. The van der Waals surface area contributed by atoms with Crippen molar-refractivity contribution in [3.05, 3.63) is 93.5 Å². The fraction of sp³-hybridized carbons (Fsp3) is 0.120. The van der Waals surface area contributed by atoms with Crippen molar-refractivity contribution in [2.24, 2.45) is 0 Å². The van der Waals surface area contributed by atoms with Crippen molar-refractivity contribution in [3.8, 4) is 0 Å². The van der Waals surface area contributed by atoms with Crippen LogP contribution in [0.1, 0.15) is 38.0 Å². The zero-order valence-corrected chi connectivity index (χ0v) is 19.5. The number of ether oxygens (including phenoxy) is 1. The van der Waals surface area contributed by atoms with E-state index in [4.69, 9.17) is 27.9 Å². The van der Waals surface area contributed by atoms with E-state index >= 15 is 0 Å². The first-order valence-electron chi connectivity index (χ1n) is 10.3. The Kier molecular flexibility index (Phi) is 6.68. The van der Waals surface area contributed by atoms with Gasteiger partial charge in [-0.3, -0.25) is 14.4 Å². The Hall–Kier alpha value is -3.68. The van der Waals surface area contributed by atoms with E-state index in [0.29, 0.717) is 12.2 Å². The quantitative estimate of drug-likeness (QED) is 0.354. The summed E-state index contributed by atoms with van der Waals surface area (Å²) >= 11 is 11.9. The van der Waals surface area contributed by atoms with Gasteiger partial charge in [-0.15, -0.1) is 0 Å². The van der Waals surface area contributed by atoms with E-state index in [1.807, 2.05) is 13.0 Å². The van der Waals surface area contributed by atoms with Crippen LogP contribution < -0.4 is 9.80 Å². The van der Waals surface area contributed by atoms with E-state index in [1.165, 1.54) is 41.3 Å². The van der Waals surface area contributed by atoms with Gasteiger partial charge in [0.15, 0.2) is 6.61 Å². The van der Waals surface area contributed by atoms with Gasteiger partial charge in [0.25, 0.3) is 17.7 Å². The molecule has 0 N–H and O–H groups in total. The van der Waals surface area contributed by atoms with Crippen molar-refractivity contribution < 1.29 is 23.9 Å². The minimum atomic E-state index is -0.784. The molecule has 0 saturated heterocycles. The standard InChI is InChI=1S/C25H18Cl2N2O5/c1-2-28(16-6-4-3-5-7-16)22(30)14-34-25(33)15-8-10-18-19(12-15)24(32)29(23(18)31)17-9-11-20(26)21(27)13-17/h3-13H,2,14H2,1H3. The Morgan fingerprint density at radius 1 is 0.882 bits per heavy atom. The number of para-hydroxylation sites is 1. The third kappa shape index (κ3) is 4.40. The molecule has 3 aromatic rings. The van der Waals surface area contributed by atoms with Crippen molar-refractivity contribution >= 4 is 58.3 Å². The van der Waals surface area contributed by atoms with Crippen LogP contribution in [0.15, 0.2) is 66.7 Å². The molecule has 0 unspecified atom stereocenters. The molecule has 0 radical (unpaired) electrons. The van der Waals surface area contributed by atoms with Gasteiger partial charge in [-0.05, 0) is 55.5 Å². The molecule has 0 aromatic heterocycles. The van der Waals surface area contributed by atoms with Crippen LogP contribution in [-0.2, 0) is 9.53 Å². The van der Waals surface area contributed by atoms with Gasteiger partial charge in [0.2, 0.25) is 0 Å². The minimum absolute atomic E-state index is 0.0476. The molecule has 0 aliphatic carbocycles. The van der Waals surface area contributed by atoms with E-state index in [0.717, 1.165) is 4.90 Å². The Morgan fingerprint density at radius 2 is 1.59 bits per heavy atom. The molecule has 1 heterocycles. The molecule has 3 aromatic carbocycles. The first-order valence-corrected chi connectivity index (χ1v) is 11.1. The molecule has 7 nitrogen and oxygen atoms in total. The number of imide groups is 1. The molecule has 172 valence electrons. The number of carbonyl (C=O) groups excluding carboxylic acids is 4. The lowest BCUT2D eigenvalue weighted by molar-refractivity contribution is -0.121. The second kappa shape index (κ2) is 9.67. The highest BCUT2D eigenvalue weighted by atomic mass is 35.5. The van der Waals surface area contributed by atoms with Crippen LogP contribution in [0, 0.1) is 0 Å². The van der Waals surface area contributed by atoms with Crippen LogP contribution in [0.3, 0.4) is 0 Å². The van der Waals surface area contributed by atoms with Gasteiger partial charge in [-0.25, -0.2) is 9.69 Å². The highest BCUT2D eigenvalue weighted by molar-refractivity contribution is 6.42. The van der Waals surface area contributed by atoms with Gasteiger partial charge >= 0.3 is 5.97 Å². The lowest BCUT2D eigenvalue weighted by Gasteiger charge is -2.20. The largest absolute Gasteiger partial charge is 0.452 e. The number of nitrogens with zero attached hydrogens (tertiary/aromatic N) is 2. The lowest BCUT2D eigenvalue weighted by atomic mass is 10.1. The van der Waals surface area contributed by atoms with Crippen LogP contribution >= 0.6 is 23.2 Å². The van der Waals surface area contributed by atoms with Crippen LogP contribution in [0.25, 0.3) is 0 Å². The highest BCUT2D eigenvalue weighted by Gasteiger charge is 2.37. The summed E-state index contributed by atoms with van der Waals surface area (Å²) in [4.78, 5) is 53.4. The van der Waals surface area contributed by atoms with Crippen molar-refractivity contribution in [2.45, 2.75) is 6.92 Å². The third-order valence-electron chi connectivity index (χ3n) is 5.30. The van der Waals surface area contributed by atoms with Crippen LogP contribution in [0.5, 0.6) is 0 Å². The number of halogens is 2. The maximum absolute atomic E-state index is 12.9. The Morgan fingerprint density at radius 3 is 2.26 bits per heavy atom. The molecule has 1 aliphatic rings. The molecule has 3 amide bonds. The lowest BCUT2D eigenvalue weighted by Crippen LogP contribution is -2.34. The molecule has 9 heteroatoms. The van der Waals surface area contributed by atoms with E-state index in [1.54, 1.807) is 24.3 Å². The number of benzene rings is 3. The summed E-state index contributed by atoms with van der Waals surface area (Å²) in [6, 6.07) is 17.5. The number of rotatable bonds is 6. The Labute approximate surface area is 205 Å². The normalized spacial score (nSPS) is 12.5. The Bertz CT molecular complexity index is 1310. The average Bonchev–Trinajstić information content (AvgIpc) is 3.09. The third-order valence-corrected chi connectivity index (χ3v) is 6.03. The van der Waals surface area contributed by atoms with E-state index in [2.05, 4.69) is 0 Å². The zero-order valence-electron chi connectivity index (χ0n) is 18.0. The molecular formula is C25H18Cl2N2O5. The monoisotopic (exact) mass is 496 g/mol. The first-order chi connectivity index (χ1) is 16.3. The van der Waals surface area contributed by atoms with E-state index < -0.39 is 24.4 Å². The minimum Gasteiger partial charge on any atom is -0.452 e. The van der Waals surface area contributed by atoms with E-state index in [-0.39, 0.29) is 38.3 Å². The molecule has 4 rings (SSSR count). The molecule has 0 saturated carbocycles. The van der Waals surface area contributed by atoms with Crippen LogP contribution in [-0.4, -0.2) is 36.8 Å². The van der Waals surface area contributed by atoms with Gasteiger partial charge in [0.05, 0.1) is 32.4 Å². The van der Waals surface area contributed by atoms with Gasteiger partial charge in [0, 0.05) is 12.2 Å². The highest BCUT2D eigenvalue weighted by Crippen LogP contribution is 2.33. The number of amides is 3. The summed E-state index contributed by atoms with van der Waals surface area (Å²) in [7, 11) is 0. The number of carbonyl (C=O) groups is 4. The molecule has 0 spiro atoms. The summed E-state index contributed by atoms with van der Waals surface area (Å²) < 4.78 is 5.18. The second-order valence-corrected chi connectivity index (χ2v) is 8.17. The predicted octanol–water partition coefficient (Wildman–Crippen LogP) is 5.00. The molecule has 1 aliphatic heterocycles. The number of likely N-dealkylation sites (N-methyl/N-ethyl adjacent to an activating group) is 1.